The van der Waals surface area contributed by atoms with Gasteiger partial charge >= 0.3 is 0 Å². The molecule has 1 N–H and O–H groups in total. The Morgan fingerprint density at radius 1 is 1.16 bits per heavy atom. The highest BCUT2D eigenvalue weighted by molar-refractivity contribution is 5.94. The smallest absolute Gasteiger partial charge is 0.263 e. The molecule has 134 valence electrons. The lowest BCUT2D eigenvalue weighted by Crippen LogP contribution is -2.38. The first-order chi connectivity index (χ1) is 11.7. The fraction of sp³-hybridized carbons (Fsp3) is 0.400. The Hall–Kier alpha value is -2.43. The Kier molecular flexibility index (Phi) is 5.77. The quantitative estimate of drug-likeness (QED) is 0.901. The zero-order valence-corrected chi connectivity index (χ0v) is 15.4. The van der Waals surface area contributed by atoms with Crippen molar-refractivity contribution in [1.29, 1.82) is 0 Å². The lowest BCUT2D eigenvalue weighted by molar-refractivity contribution is 0.0940. The van der Waals surface area contributed by atoms with Gasteiger partial charge in [-0.2, -0.15) is 0 Å². The van der Waals surface area contributed by atoms with E-state index in [0.717, 1.165) is 16.8 Å². The van der Waals surface area contributed by atoms with Crippen LogP contribution in [0.15, 0.2) is 35.1 Å². The molecule has 1 heterocycles. The zero-order valence-electron chi connectivity index (χ0n) is 15.4. The Bertz CT molecular complexity index is 821. The minimum absolute atomic E-state index is 0.0532. The molecule has 0 aliphatic heterocycles. The summed E-state index contributed by atoms with van der Waals surface area (Å²) in [6.45, 7) is 9.93. The summed E-state index contributed by atoms with van der Waals surface area (Å²) < 4.78 is 14.8. The molecular formula is C20H25FN2O2. The van der Waals surface area contributed by atoms with Crippen molar-refractivity contribution in [2.24, 2.45) is 0 Å². The van der Waals surface area contributed by atoms with Crippen molar-refractivity contribution < 1.29 is 9.18 Å². The van der Waals surface area contributed by atoms with E-state index in [2.05, 4.69) is 5.32 Å². The molecule has 0 unspecified atom stereocenters. The molecular weight excluding hydrogens is 319 g/mol. The van der Waals surface area contributed by atoms with Gasteiger partial charge in [-0.1, -0.05) is 26.0 Å². The van der Waals surface area contributed by atoms with Crippen LogP contribution in [-0.4, -0.2) is 16.5 Å². The fourth-order valence-electron chi connectivity index (χ4n) is 3.02. The van der Waals surface area contributed by atoms with Gasteiger partial charge in [-0.3, -0.25) is 9.59 Å². The highest BCUT2D eigenvalue weighted by Gasteiger charge is 2.20. The topological polar surface area (TPSA) is 51.1 Å². The van der Waals surface area contributed by atoms with Gasteiger partial charge in [-0.15, -0.1) is 0 Å². The number of carbonyl (C=O) groups excluding carboxylic acids is 1. The van der Waals surface area contributed by atoms with Crippen molar-refractivity contribution in [2.45, 2.75) is 53.1 Å². The molecule has 0 saturated heterocycles. The van der Waals surface area contributed by atoms with Gasteiger partial charge < -0.3 is 9.88 Å². The van der Waals surface area contributed by atoms with Gasteiger partial charge in [0.05, 0.1) is 6.54 Å². The number of aryl methyl sites for hydroxylation is 1. The van der Waals surface area contributed by atoms with Crippen molar-refractivity contribution in [3.63, 3.8) is 0 Å². The predicted octanol–water partition coefficient (Wildman–Crippen LogP) is 3.61. The van der Waals surface area contributed by atoms with Crippen molar-refractivity contribution in [2.75, 3.05) is 0 Å². The number of nitrogens with zero attached hydrogens (tertiary/aromatic N) is 1. The minimum Gasteiger partial charge on any atom is -0.350 e. The number of hydrogen-bond acceptors (Lipinski definition) is 2. The molecule has 1 aromatic carbocycles. The van der Waals surface area contributed by atoms with Gasteiger partial charge in [-0.25, -0.2) is 4.39 Å². The van der Waals surface area contributed by atoms with E-state index in [9.17, 15) is 14.0 Å². The summed E-state index contributed by atoms with van der Waals surface area (Å²) in [6, 6.07) is 7.66. The van der Waals surface area contributed by atoms with Crippen LogP contribution in [0.4, 0.5) is 4.39 Å². The number of benzene rings is 1. The third-order valence-electron chi connectivity index (χ3n) is 4.00. The van der Waals surface area contributed by atoms with Crippen molar-refractivity contribution in [3.8, 4) is 0 Å². The highest BCUT2D eigenvalue weighted by Crippen LogP contribution is 2.20. The first kappa shape index (κ1) is 18.9. The van der Waals surface area contributed by atoms with Crippen LogP contribution in [0, 0.1) is 12.7 Å². The van der Waals surface area contributed by atoms with Crippen LogP contribution in [-0.2, 0) is 6.54 Å². The van der Waals surface area contributed by atoms with Gasteiger partial charge in [0.2, 0.25) is 0 Å². The van der Waals surface area contributed by atoms with Crippen LogP contribution in [0.5, 0.6) is 0 Å². The summed E-state index contributed by atoms with van der Waals surface area (Å²) in [6.07, 6.45) is 0. The molecule has 0 fully saturated rings. The maximum atomic E-state index is 13.1. The number of nitrogens with one attached hydrogen (secondary N) is 1. The summed E-state index contributed by atoms with van der Waals surface area (Å²) >= 11 is 0. The number of rotatable bonds is 5. The molecule has 2 aromatic rings. The lowest BCUT2D eigenvalue weighted by Gasteiger charge is -2.20. The summed E-state index contributed by atoms with van der Waals surface area (Å²) in [5, 5.41) is 2.77. The summed E-state index contributed by atoms with van der Waals surface area (Å²) in [7, 11) is 0. The number of amides is 1. The molecule has 0 spiro atoms. The van der Waals surface area contributed by atoms with Crippen LogP contribution in [0.2, 0.25) is 0 Å². The molecule has 0 bridgehead atoms. The monoisotopic (exact) mass is 344 g/mol. The van der Waals surface area contributed by atoms with Crippen molar-refractivity contribution >= 4 is 5.91 Å². The van der Waals surface area contributed by atoms with Crippen LogP contribution in [0.25, 0.3) is 0 Å². The van der Waals surface area contributed by atoms with E-state index >= 15 is 0 Å². The largest absolute Gasteiger partial charge is 0.350 e. The minimum atomic E-state index is -0.369. The van der Waals surface area contributed by atoms with Gasteiger partial charge in [0.15, 0.2) is 0 Å². The maximum Gasteiger partial charge on any atom is 0.263 e. The Morgan fingerprint density at radius 3 is 2.28 bits per heavy atom. The fourth-order valence-corrected chi connectivity index (χ4v) is 3.02. The van der Waals surface area contributed by atoms with E-state index in [4.69, 9.17) is 0 Å². The van der Waals surface area contributed by atoms with E-state index in [-0.39, 0.29) is 34.8 Å². The third-order valence-corrected chi connectivity index (χ3v) is 4.00. The van der Waals surface area contributed by atoms with Gasteiger partial charge in [0, 0.05) is 11.7 Å². The van der Waals surface area contributed by atoms with Crippen LogP contribution >= 0.6 is 0 Å². The summed E-state index contributed by atoms with van der Waals surface area (Å²) in [5.74, 6) is -0.567. The van der Waals surface area contributed by atoms with Crippen molar-refractivity contribution in [1.82, 2.24) is 9.88 Å². The van der Waals surface area contributed by atoms with Crippen LogP contribution < -0.4 is 10.9 Å². The first-order valence-electron chi connectivity index (χ1n) is 8.50. The Labute approximate surface area is 147 Å². The number of hydrogen-bond donors (Lipinski definition) is 1. The van der Waals surface area contributed by atoms with E-state index in [1.165, 1.54) is 12.1 Å². The Morgan fingerprint density at radius 2 is 1.76 bits per heavy atom. The number of aromatic nitrogens is 1. The normalized spacial score (nSPS) is 11.2. The second-order valence-corrected chi connectivity index (χ2v) is 6.93. The molecule has 5 heteroatoms. The van der Waals surface area contributed by atoms with E-state index in [0.29, 0.717) is 6.54 Å². The summed E-state index contributed by atoms with van der Waals surface area (Å²) in [5.41, 5.74) is 2.40. The van der Waals surface area contributed by atoms with Gasteiger partial charge in [0.1, 0.15) is 11.4 Å². The van der Waals surface area contributed by atoms with E-state index < -0.39 is 0 Å². The Balaban J connectivity index is 2.58. The maximum absolute atomic E-state index is 13.1. The molecule has 2 rings (SSSR count). The number of pyridine rings is 1. The molecule has 0 saturated carbocycles. The number of halogens is 1. The molecule has 4 nitrogen and oxygen atoms in total. The molecule has 1 aromatic heterocycles. The van der Waals surface area contributed by atoms with E-state index in [1.807, 2.05) is 34.6 Å². The first-order valence-corrected chi connectivity index (χ1v) is 8.50. The van der Waals surface area contributed by atoms with Crippen molar-refractivity contribution in [3.05, 3.63) is 68.9 Å². The predicted molar refractivity (Wildman–Crippen MR) is 97.6 cm³/mol. The molecule has 0 aliphatic rings. The molecule has 1 amide bonds. The molecule has 25 heavy (non-hydrogen) atoms. The van der Waals surface area contributed by atoms with Gasteiger partial charge in [-0.05, 0) is 56.0 Å². The standard InChI is InChI=1S/C20H25FN2O2/c1-12(2)18-14(5)10-17(19(24)22-13(3)4)20(25)23(18)11-15-6-8-16(21)9-7-15/h6-10,12-13H,11H2,1-5H3,(H,22,24). The molecule has 0 aliphatic carbocycles. The molecule has 0 radical (unpaired) electrons. The SMILES string of the molecule is Cc1cc(C(=O)NC(C)C)c(=O)n(Cc2ccc(F)cc2)c1C(C)C. The van der Waals surface area contributed by atoms with Gasteiger partial charge in [0.25, 0.3) is 11.5 Å². The second kappa shape index (κ2) is 7.64. The van der Waals surface area contributed by atoms with E-state index in [1.54, 1.807) is 22.8 Å². The second-order valence-electron chi connectivity index (χ2n) is 6.93. The third kappa shape index (κ3) is 4.35. The van der Waals surface area contributed by atoms with Crippen LogP contribution in [0.3, 0.4) is 0 Å². The van der Waals surface area contributed by atoms with Crippen LogP contribution in [0.1, 0.15) is 60.8 Å². The lowest BCUT2D eigenvalue weighted by atomic mass is 10.0. The molecule has 0 atom stereocenters. The number of carbonyl (C=O) groups is 1. The highest BCUT2D eigenvalue weighted by atomic mass is 19.1. The summed E-state index contributed by atoms with van der Waals surface area (Å²) in [4.78, 5) is 25.4. The zero-order chi connectivity index (χ0) is 18.7. The average Bonchev–Trinajstić information content (AvgIpc) is 2.51. The average molecular weight is 344 g/mol.